The van der Waals surface area contributed by atoms with Gasteiger partial charge in [0.05, 0.1) is 17.3 Å². The Morgan fingerprint density at radius 1 is 1.16 bits per heavy atom. The number of aryl methyl sites for hydroxylation is 1. The SMILES string of the molecule is C[C@@H]1CCC[C@H](C)N1CCCCCn1c(=O)c(-c2ncc(C(=N)N)[nH]2)cc2ccccc21. The predicted molar refractivity (Wildman–Crippen MR) is 130 cm³/mol. The molecule has 170 valence electrons. The van der Waals surface area contributed by atoms with Crippen molar-refractivity contribution in [2.75, 3.05) is 6.54 Å². The second kappa shape index (κ2) is 9.69. The van der Waals surface area contributed by atoms with E-state index in [0.29, 0.717) is 35.7 Å². The van der Waals surface area contributed by atoms with Crippen molar-refractivity contribution in [3.8, 4) is 11.4 Å². The van der Waals surface area contributed by atoms with Crippen molar-refractivity contribution >= 4 is 16.7 Å². The van der Waals surface area contributed by atoms with Gasteiger partial charge in [0.1, 0.15) is 17.4 Å². The minimum atomic E-state index is -0.0952. The molecule has 0 saturated carbocycles. The maximum atomic E-state index is 13.4. The Balaban J connectivity index is 1.49. The molecule has 3 aromatic rings. The van der Waals surface area contributed by atoms with E-state index in [0.717, 1.165) is 36.7 Å². The van der Waals surface area contributed by atoms with Gasteiger partial charge >= 0.3 is 0 Å². The lowest BCUT2D eigenvalue weighted by Crippen LogP contribution is -2.44. The summed E-state index contributed by atoms with van der Waals surface area (Å²) >= 11 is 0. The number of amidine groups is 1. The highest BCUT2D eigenvalue weighted by Gasteiger charge is 2.23. The zero-order valence-electron chi connectivity index (χ0n) is 19.1. The van der Waals surface area contributed by atoms with E-state index in [4.69, 9.17) is 11.1 Å². The first-order chi connectivity index (χ1) is 15.5. The fourth-order valence-corrected chi connectivity index (χ4v) is 4.97. The Labute approximate surface area is 189 Å². The van der Waals surface area contributed by atoms with Crippen LogP contribution in [0.4, 0.5) is 0 Å². The Morgan fingerprint density at radius 3 is 2.59 bits per heavy atom. The lowest BCUT2D eigenvalue weighted by Gasteiger charge is -2.39. The predicted octanol–water partition coefficient (Wildman–Crippen LogP) is 4.11. The van der Waals surface area contributed by atoms with E-state index >= 15 is 0 Å². The summed E-state index contributed by atoms with van der Waals surface area (Å²) in [4.78, 5) is 23.3. The minimum Gasteiger partial charge on any atom is -0.382 e. The van der Waals surface area contributed by atoms with Crippen molar-refractivity contribution in [1.82, 2.24) is 19.4 Å². The van der Waals surface area contributed by atoms with Crippen LogP contribution in [0.3, 0.4) is 0 Å². The molecule has 0 spiro atoms. The molecule has 0 radical (unpaired) electrons. The third kappa shape index (κ3) is 4.63. The quantitative estimate of drug-likeness (QED) is 0.282. The number of benzene rings is 1. The van der Waals surface area contributed by atoms with Crippen LogP contribution < -0.4 is 11.3 Å². The summed E-state index contributed by atoms with van der Waals surface area (Å²) in [5.74, 6) is 0.356. The fraction of sp³-hybridized carbons (Fsp3) is 0.480. The van der Waals surface area contributed by atoms with Crippen LogP contribution in [0.5, 0.6) is 0 Å². The van der Waals surface area contributed by atoms with Gasteiger partial charge in [0.15, 0.2) is 0 Å². The lowest BCUT2D eigenvalue weighted by molar-refractivity contribution is 0.101. The highest BCUT2D eigenvalue weighted by molar-refractivity contribution is 5.93. The molecule has 1 aromatic carbocycles. The number of nitrogens with one attached hydrogen (secondary N) is 2. The van der Waals surface area contributed by atoms with E-state index in [-0.39, 0.29) is 11.4 Å². The van der Waals surface area contributed by atoms with Crippen LogP contribution in [-0.2, 0) is 6.54 Å². The van der Waals surface area contributed by atoms with E-state index in [1.165, 1.54) is 25.5 Å². The summed E-state index contributed by atoms with van der Waals surface area (Å²) in [6.45, 7) is 6.51. The van der Waals surface area contributed by atoms with E-state index in [2.05, 4.69) is 28.7 Å². The first kappa shape index (κ1) is 22.3. The maximum absolute atomic E-state index is 13.4. The number of likely N-dealkylation sites (tertiary alicyclic amines) is 1. The summed E-state index contributed by atoms with van der Waals surface area (Å²) in [7, 11) is 0. The van der Waals surface area contributed by atoms with Gasteiger partial charge in [-0.3, -0.25) is 15.1 Å². The third-order valence-corrected chi connectivity index (χ3v) is 6.80. The van der Waals surface area contributed by atoms with Crippen molar-refractivity contribution < 1.29 is 0 Å². The highest BCUT2D eigenvalue weighted by atomic mass is 16.1. The van der Waals surface area contributed by atoms with Crippen molar-refractivity contribution in [2.24, 2.45) is 5.73 Å². The summed E-state index contributed by atoms with van der Waals surface area (Å²) in [5, 5.41) is 8.59. The number of aromatic nitrogens is 3. The van der Waals surface area contributed by atoms with Gasteiger partial charge in [-0.05, 0) is 63.6 Å². The molecule has 7 nitrogen and oxygen atoms in total. The summed E-state index contributed by atoms with van der Waals surface area (Å²) in [5.41, 5.74) is 7.36. The van der Waals surface area contributed by atoms with Gasteiger partial charge in [0.25, 0.3) is 5.56 Å². The van der Waals surface area contributed by atoms with E-state index in [1.54, 1.807) is 0 Å². The molecule has 2 atom stereocenters. The number of imidazole rings is 1. The first-order valence-corrected chi connectivity index (χ1v) is 11.7. The van der Waals surface area contributed by atoms with Gasteiger partial charge in [-0.15, -0.1) is 0 Å². The third-order valence-electron chi connectivity index (χ3n) is 6.80. The van der Waals surface area contributed by atoms with Gasteiger partial charge in [-0.2, -0.15) is 0 Å². The van der Waals surface area contributed by atoms with Crippen LogP contribution in [0, 0.1) is 5.41 Å². The Hall–Kier alpha value is -2.93. The zero-order chi connectivity index (χ0) is 22.7. The molecule has 1 aliphatic rings. The van der Waals surface area contributed by atoms with Crippen LogP contribution in [0.2, 0.25) is 0 Å². The minimum absolute atomic E-state index is 0.0635. The average Bonchev–Trinajstić information content (AvgIpc) is 3.27. The van der Waals surface area contributed by atoms with Crippen molar-refractivity contribution in [1.29, 1.82) is 5.41 Å². The topological polar surface area (TPSA) is 104 Å². The number of aromatic amines is 1. The molecular weight excluding hydrogens is 400 g/mol. The van der Waals surface area contributed by atoms with Crippen molar-refractivity contribution in [2.45, 2.75) is 71.0 Å². The number of piperidine rings is 1. The number of para-hydroxylation sites is 1. The molecule has 0 bridgehead atoms. The number of nitrogens with zero attached hydrogens (tertiary/aromatic N) is 3. The van der Waals surface area contributed by atoms with Gasteiger partial charge in [0.2, 0.25) is 0 Å². The molecule has 1 fully saturated rings. The normalized spacial score (nSPS) is 19.4. The molecular formula is C25H34N6O. The van der Waals surface area contributed by atoms with Crippen LogP contribution in [0.1, 0.15) is 58.1 Å². The smallest absolute Gasteiger partial charge is 0.262 e. The summed E-state index contributed by atoms with van der Waals surface area (Å²) < 4.78 is 1.87. The van der Waals surface area contributed by atoms with Gasteiger partial charge in [0, 0.05) is 18.6 Å². The van der Waals surface area contributed by atoms with Gasteiger partial charge in [-0.1, -0.05) is 31.0 Å². The van der Waals surface area contributed by atoms with E-state index in [1.807, 2.05) is 34.9 Å². The molecule has 3 heterocycles. The summed E-state index contributed by atoms with van der Waals surface area (Å²) in [6, 6.07) is 11.2. The molecule has 0 unspecified atom stereocenters. The zero-order valence-corrected chi connectivity index (χ0v) is 19.1. The number of rotatable bonds is 8. The Bertz CT molecular complexity index is 1140. The molecule has 4 N–H and O–H groups in total. The second-order valence-corrected chi connectivity index (χ2v) is 9.06. The first-order valence-electron chi connectivity index (χ1n) is 11.7. The molecule has 32 heavy (non-hydrogen) atoms. The number of fused-ring (bicyclic) bond motifs is 1. The molecule has 7 heteroatoms. The number of pyridine rings is 1. The van der Waals surface area contributed by atoms with Gasteiger partial charge < -0.3 is 15.3 Å². The van der Waals surface area contributed by atoms with Crippen LogP contribution >= 0.6 is 0 Å². The Kier molecular flexibility index (Phi) is 6.74. The molecule has 1 aliphatic heterocycles. The molecule has 0 amide bonds. The van der Waals surface area contributed by atoms with Crippen molar-refractivity contribution in [3.05, 3.63) is 52.6 Å². The number of nitrogen functional groups attached to an aromatic ring is 1. The monoisotopic (exact) mass is 434 g/mol. The van der Waals surface area contributed by atoms with Gasteiger partial charge in [-0.25, -0.2) is 4.98 Å². The van der Waals surface area contributed by atoms with Crippen LogP contribution in [0.15, 0.2) is 41.3 Å². The van der Waals surface area contributed by atoms with E-state index < -0.39 is 0 Å². The number of nitrogens with two attached hydrogens (primary N) is 1. The lowest BCUT2D eigenvalue weighted by atomic mass is 9.97. The molecule has 2 aromatic heterocycles. The molecule has 4 rings (SSSR count). The molecule has 0 aliphatic carbocycles. The second-order valence-electron chi connectivity index (χ2n) is 9.06. The summed E-state index contributed by atoms with van der Waals surface area (Å²) in [6.07, 6.45) is 8.65. The largest absolute Gasteiger partial charge is 0.382 e. The average molecular weight is 435 g/mol. The van der Waals surface area contributed by atoms with Crippen LogP contribution in [-0.4, -0.2) is 43.9 Å². The number of unbranched alkanes of at least 4 members (excludes halogenated alkanes) is 2. The maximum Gasteiger partial charge on any atom is 0.262 e. The standard InChI is InChI=1S/C25H34N6O/c1-17-9-8-10-18(2)30(17)13-6-3-7-14-31-22-12-5-4-11-19(22)15-20(25(31)32)24-28-16-21(29-24)23(26)27/h4-5,11-12,15-18H,3,6-10,13-14H2,1-2H3,(H3,26,27)(H,28,29)/t17-,18+. The number of hydrogen-bond acceptors (Lipinski definition) is 4. The van der Waals surface area contributed by atoms with E-state index in [9.17, 15) is 4.79 Å². The highest BCUT2D eigenvalue weighted by Crippen LogP contribution is 2.23. The van der Waals surface area contributed by atoms with Crippen molar-refractivity contribution in [3.63, 3.8) is 0 Å². The van der Waals surface area contributed by atoms with Crippen LogP contribution in [0.25, 0.3) is 22.3 Å². The Morgan fingerprint density at radius 2 is 1.88 bits per heavy atom. The fourth-order valence-electron chi connectivity index (χ4n) is 4.97. The number of hydrogen-bond donors (Lipinski definition) is 3. The molecule has 1 saturated heterocycles. The number of H-pyrrole nitrogens is 1.